The van der Waals surface area contributed by atoms with Gasteiger partial charge in [0, 0.05) is 5.39 Å². The zero-order chi connectivity index (χ0) is 15.6. The van der Waals surface area contributed by atoms with E-state index in [2.05, 4.69) is 21.9 Å². The van der Waals surface area contributed by atoms with Crippen molar-refractivity contribution in [1.29, 1.82) is 0 Å². The lowest BCUT2D eigenvalue weighted by molar-refractivity contribution is 0.612. The molecule has 0 saturated carbocycles. The molecule has 3 N–H and O–H groups in total. The molecule has 0 aliphatic rings. The topological polar surface area (TPSA) is 67.6 Å². The highest BCUT2D eigenvalue weighted by molar-refractivity contribution is 6.01. The normalized spacial score (nSPS) is 10.6. The molecule has 3 aromatic rings. The second kappa shape index (κ2) is 9.15. The monoisotopic (exact) mass is 298 g/mol. The third kappa shape index (κ3) is 4.53. The zero-order valence-corrected chi connectivity index (χ0v) is 13.4. The molecule has 0 fully saturated rings. The summed E-state index contributed by atoms with van der Waals surface area (Å²) in [5, 5.41) is 1.10. The maximum absolute atomic E-state index is 5.34. The summed E-state index contributed by atoms with van der Waals surface area (Å²) in [6.07, 6.45) is 11.6. The lowest BCUT2D eigenvalue weighted by atomic mass is 10.1. The predicted molar refractivity (Wildman–Crippen MR) is 93.8 cm³/mol. The fourth-order valence-corrected chi connectivity index (χ4v) is 2.46. The molecule has 4 heteroatoms. The fourth-order valence-electron chi connectivity index (χ4n) is 2.46. The molecular formula is C18H26N4. The second-order valence-electron chi connectivity index (χ2n) is 5.50. The molecule has 3 rings (SSSR count). The van der Waals surface area contributed by atoms with Crippen LogP contribution in [0.1, 0.15) is 45.4 Å². The van der Waals surface area contributed by atoms with Crippen LogP contribution in [0.3, 0.4) is 0 Å². The van der Waals surface area contributed by atoms with Gasteiger partial charge in [-0.05, 0) is 19.0 Å². The average Bonchev–Trinajstić information content (AvgIpc) is 3.04. The molecule has 0 bridgehead atoms. The Labute approximate surface area is 132 Å². The van der Waals surface area contributed by atoms with Crippen molar-refractivity contribution in [1.82, 2.24) is 15.0 Å². The summed E-state index contributed by atoms with van der Waals surface area (Å²) in [7, 11) is 0. The van der Waals surface area contributed by atoms with E-state index in [1.165, 1.54) is 38.5 Å². The van der Waals surface area contributed by atoms with Gasteiger partial charge in [-0.25, -0.2) is 4.98 Å². The van der Waals surface area contributed by atoms with Crippen molar-refractivity contribution in [2.45, 2.75) is 45.4 Å². The van der Waals surface area contributed by atoms with Crippen LogP contribution in [-0.2, 0) is 0 Å². The van der Waals surface area contributed by atoms with Crippen LogP contribution in [0.15, 0.2) is 36.8 Å². The first-order valence-electron chi connectivity index (χ1n) is 8.23. The number of para-hydroxylation sites is 1. The number of nitrogens with zero attached hydrogens (tertiary/aromatic N) is 2. The van der Waals surface area contributed by atoms with E-state index in [0.717, 1.165) is 28.5 Å². The average molecular weight is 298 g/mol. The molecule has 0 unspecified atom stereocenters. The van der Waals surface area contributed by atoms with Gasteiger partial charge in [0.2, 0.25) is 0 Å². The molecule has 0 atom stereocenters. The van der Waals surface area contributed by atoms with E-state index >= 15 is 0 Å². The number of benzene rings is 1. The Bertz CT molecular complexity index is 669. The summed E-state index contributed by atoms with van der Waals surface area (Å²) in [5.74, 6) is 0. The molecule has 4 nitrogen and oxygen atoms in total. The fraction of sp³-hybridized carbons (Fsp3) is 0.444. The molecule has 118 valence electrons. The minimum atomic E-state index is 0.867. The van der Waals surface area contributed by atoms with Crippen LogP contribution in [0, 0.1) is 0 Å². The molecule has 0 radical (unpaired) electrons. The number of aromatic amines is 1. The maximum atomic E-state index is 5.34. The molecule has 2 heterocycles. The third-order valence-corrected chi connectivity index (χ3v) is 3.72. The third-order valence-electron chi connectivity index (χ3n) is 3.72. The van der Waals surface area contributed by atoms with Crippen LogP contribution in [-0.4, -0.2) is 21.5 Å². The molecule has 0 aliphatic carbocycles. The van der Waals surface area contributed by atoms with Gasteiger partial charge in [0.15, 0.2) is 0 Å². The number of aromatic nitrogens is 3. The van der Waals surface area contributed by atoms with Gasteiger partial charge in [-0.3, -0.25) is 4.98 Å². The summed E-state index contributed by atoms with van der Waals surface area (Å²) < 4.78 is 0. The van der Waals surface area contributed by atoms with E-state index in [4.69, 9.17) is 5.73 Å². The standard InChI is InChI=1S/C10H7N3.C8H19N/c1-2-4-8-7(3-1)10-9(5-11-8)12-6-13-10;1-2-3-4-5-6-7-8-9/h1-6H,(H,12,13);2-9H2,1H3. The summed E-state index contributed by atoms with van der Waals surface area (Å²) in [6.45, 7) is 3.11. The van der Waals surface area contributed by atoms with Gasteiger partial charge in [-0.1, -0.05) is 57.2 Å². The van der Waals surface area contributed by atoms with Crippen molar-refractivity contribution in [2.24, 2.45) is 5.73 Å². The number of nitrogens with two attached hydrogens (primary N) is 1. The first-order valence-corrected chi connectivity index (χ1v) is 8.23. The molecule has 0 saturated heterocycles. The number of pyridine rings is 1. The van der Waals surface area contributed by atoms with Crippen LogP contribution in [0.4, 0.5) is 0 Å². The largest absolute Gasteiger partial charge is 0.343 e. The van der Waals surface area contributed by atoms with Crippen LogP contribution in [0.2, 0.25) is 0 Å². The zero-order valence-electron chi connectivity index (χ0n) is 13.4. The van der Waals surface area contributed by atoms with Gasteiger partial charge in [-0.15, -0.1) is 0 Å². The molecule has 0 aliphatic heterocycles. The van der Waals surface area contributed by atoms with Crippen molar-refractivity contribution >= 4 is 21.9 Å². The predicted octanol–water partition coefficient (Wildman–Crippen LogP) is 4.42. The number of hydrogen-bond acceptors (Lipinski definition) is 3. The molecular weight excluding hydrogens is 272 g/mol. The number of fused-ring (bicyclic) bond motifs is 3. The van der Waals surface area contributed by atoms with Gasteiger partial charge >= 0.3 is 0 Å². The SMILES string of the molecule is CCCCCCCCN.c1ccc2c(c1)ncc1[nH]cnc12. The Morgan fingerprint density at radius 2 is 1.77 bits per heavy atom. The molecule has 0 spiro atoms. The number of imidazole rings is 1. The van der Waals surface area contributed by atoms with Crippen molar-refractivity contribution < 1.29 is 0 Å². The van der Waals surface area contributed by atoms with E-state index < -0.39 is 0 Å². The van der Waals surface area contributed by atoms with Crippen molar-refractivity contribution in [2.75, 3.05) is 6.54 Å². The summed E-state index contributed by atoms with van der Waals surface area (Å²) in [6, 6.07) is 8.00. The molecule has 22 heavy (non-hydrogen) atoms. The highest BCUT2D eigenvalue weighted by Gasteiger charge is 2.01. The molecule has 1 aromatic carbocycles. The Morgan fingerprint density at radius 1 is 1.00 bits per heavy atom. The number of hydrogen-bond donors (Lipinski definition) is 2. The van der Waals surface area contributed by atoms with Crippen LogP contribution in [0.5, 0.6) is 0 Å². The highest BCUT2D eigenvalue weighted by atomic mass is 14.9. The van der Waals surface area contributed by atoms with Gasteiger partial charge in [0.05, 0.1) is 29.1 Å². The van der Waals surface area contributed by atoms with Gasteiger partial charge in [-0.2, -0.15) is 0 Å². The number of unbranched alkanes of at least 4 members (excludes halogenated alkanes) is 5. The maximum Gasteiger partial charge on any atom is 0.0992 e. The number of rotatable bonds is 6. The molecule has 0 amide bonds. The van der Waals surface area contributed by atoms with E-state index in [1.54, 1.807) is 6.33 Å². The molecule has 2 aromatic heterocycles. The van der Waals surface area contributed by atoms with Crippen molar-refractivity contribution in [3.63, 3.8) is 0 Å². The number of nitrogens with one attached hydrogen (secondary N) is 1. The van der Waals surface area contributed by atoms with E-state index in [-0.39, 0.29) is 0 Å². The van der Waals surface area contributed by atoms with Gasteiger partial charge in [0.1, 0.15) is 0 Å². The van der Waals surface area contributed by atoms with E-state index in [1.807, 2.05) is 30.5 Å². The highest BCUT2D eigenvalue weighted by Crippen LogP contribution is 2.19. The number of H-pyrrole nitrogens is 1. The Morgan fingerprint density at radius 3 is 2.59 bits per heavy atom. The van der Waals surface area contributed by atoms with E-state index in [9.17, 15) is 0 Å². The van der Waals surface area contributed by atoms with Gasteiger partial charge in [0.25, 0.3) is 0 Å². The van der Waals surface area contributed by atoms with Crippen LogP contribution >= 0.6 is 0 Å². The summed E-state index contributed by atoms with van der Waals surface area (Å²) >= 11 is 0. The lowest BCUT2D eigenvalue weighted by Crippen LogP contribution is -1.97. The first kappa shape index (κ1) is 16.4. The Kier molecular flexibility index (Phi) is 6.84. The second-order valence-corrected chi connectivity index (χ2v) is 5.50. The summed E-state index contributed by atoms with van der Waals surface area (Å²) in [4.78, 5) is 11.6. The van der Waals surface area contributed by atoms with Gasteiger partial charge < -0.3 is 10.7 Å². The smallest absolute Gasteiger partial charge is 0.0992 e. The van der Waals surface area contributed by atoms with E-state index in [0.29, 0.717) is 0 Å². The minimum absolute atomic E-state index is 0.867. The Hall–Kier alpha value is -1.94. The van der Waals surface area contributed by atoms with Crippen LogP contribution < -0.4 is 5.73 Å². The minimum Gasteiger partial charge on any atom is -0.343 e. The van der Waals surface area contributed by atoms with Crippen LogP contribution in [0.25, 0.3) is 21.9 Å². The van der Waals surface area contributed by atoms with Crippen molar-refractivity contribution in [3.8, 4) is 0 Å². The Balaban J connectivity index is 0.000000175. The first-order chi connectivity index (χ1) is 10.9. The lowest BCUT2D eigenvalue weighted by Gasteiger charge is -1.96. The quantitative estimate of drug-likeness (QED) is 0.662. The van der Waals surface area contributed by atoms with Crippen molar-refractivity contribution in [3.05, 3.63) is 36.8 Å². The summed E-state index contributed by atoms with van der Waals surface area (Å²) in [5.41, 5.74) is 8.31.